The highest BCUT2D eigenvalue weighted by Gasteiger charge is 2.47. The fraction of sp³-hybridized carbons (Fsp3) is 0.488. The Morgan fingerprint density at radius 2 is 1.63 bits per heavy atom. The summed E-state index contributed by atoms with van der Waals surface area (Å²) in [5, 5.41) is 15.1. The molecule has 3 atom stereocenters. The Labute approximate surface area is 320 Å². The van der Waals surface area contributed by atoms with Crippen LogP contribution in [0.2, 0.25) is 0 Å². The van der Waals surface area contributed by atoms with Gasteiger partial charge < -0.3 is 29.5 Å². The second-order valence-corrected chi connectivity index (χ2v) is 16.9. The van der Waals surface area contributed by atoms with Gasteiger partial charge in [-0.15, -0.1) is 0 Å². The molecule has 292 valence electrons. The Hall–Kier alpha value is -4.46. The molecule has 0 radical (unpaired) electrons. The molecule has 13 heteroatoms. The molecule has 0 saturated carbocycles. The zero-order valence-corrected chi connectivity index (χ0v) is 33.4. The number of methoxy groups -OCH3 is 1. The number of carbonyl (C=O) groups is 2. The molecule has 1 aliphatic rings. The molecular weight excluding hydrogens is 705 g/mol. The first kappa shape index (κ1) is 40.7. The molecule has 0 aliphatic carbocycles. The van der Waals surface area contributed by atoms with Crippen molar-refractivity contribution in [3.63, 3.8) is 0 Å². The number of aryl methyl sites for hydroxylation is 1. The van der Waals surface area contributed by atoms with Gasteiger partial charge in [-0.2, -0.15) is 4.31 Å². The number of hydrogen-bond acceptors (Lipinski definition) is 7. The number of nitrogens with one attached hydrogen (secondary N) is 1. The van der Waals surface area contributed by atoms with Crippen molar-refractivity contribution in [1.82, 2.24) is 29.0 Å². The number of amides is 3. The molecule has 5 rings (SSSR count). The number of aliphatic hydroxyl groups is 1. The third kappa shape index (κ3) is 8.90. The van der Waals surface area contributed by atoms with Gasteiger partial charge in [-0.3, -0.25) is 4.79 Å². The fourth-order valence-electron chi connectivity index (χ4n) is 7.29. The summed E-state index contributed by atoms with van der Waals surface area (Å²) in [6.45, 7) is 10.9. The van der Waals surface area contributed by atoms with Crippen LogP contribution in [0, 0.1) is 11.3 Å². The van der Waals surface area contributed by atoms with Crippen LogP contribution in [-0.4, -0.2) is 101 Å². The van der Waals surface area contributed by atoms with Crippen molar-refractivity contribution >= 4 is 33.0 Å². The average molecular weight is 761 g/mol. The van der Waals surface area contributed by atoms with E-state index < -0.39 is 33.6 Å². The second-order valence-electron chi connectivity index (χ2n) is 15.0. The molecule has 3 amide bonds. The minimum absolute atomic E-state index is 0.0418. The topological polar surface area (TPSA) is 137 Å². The van der Waals surface area contributed by atoms with Crippen molar-refractivity contribution in [1.29, 1.82) is 0 Å². The van der Waals surface area contributed by atoms with Crippen molar-refractivity contribution in [3.8, 4) is 5.75 Å². The number of para-hydroxylation sites is 2. The Balaban J connectivity index is 1.43. The van der Waals surface area contributed by atoms with Crippen LogP contribution >= 0.6 is 0 Å². The number of sulfonamides is 1. The number of aliphatic hydroxyl groups excluding tert-OH is 1. The number of ether oxygens (including phenoxy) is 1. The normalized spacial score (nSPS) is 15.6. The standard InChI is InChI=1S/C41H56N6O6S/c1-8-41(5,9-2)38(47-24-23-45(40(47)50)28-37-42-33-17-13-14-18-35(33)44(37)6)39(49)43-34(25-30-15-11-10-12-16-30)36(48)27-46(26-29(3)4)54(51,52)32-21-19-31(53-7)20-22-32/h10-22,29,34,36,38,48H,8-9,23-28H2,1-7H3,(H,43,49)/t34-,36-,38+/m0/s1. The quantitative estimate of drug-likeness (QED) is 0.138. The number of fused-ring (bicyclic) bond motifs is 1. The summed E-state index contributed by atoms with van der Waals surface area (Å²) < 4.78 is 36.5. The van der Waals surface area contributed by atoms with Crippen LogP contribution in [0.15, 0.2) is 83.8 Å². The molecule has 3 aromatic carbocycles. The van der Waals surface area contributed by atoms with E-state index >= 15 is 0 Å². The average Bonchev–Trinajstić information content (AvgIpc) is 3.68. The zero-order valence-electron chi connectivity index (χ0n) is 32.6. The molecule has 0 bridgehead atoms. The molecule has 1 fully saturated rings. The van der Waals surface area contributed by atoms with Crippen LogP contribution in [0.3, 0.4) is 0 Å². The van der Waals surface area contributed by atoms with Gasteiger partial charge in [-0.1, -0.05) is 77.1 Å². The molecule has 1 aromatic heterocycles. The third-order valence-electron chi connectivity index (χ3n) is 10.9. The molecule has 0 unspecified atom stereocenters. The third-order valence-corrected chi connectivity index (χ3v) is 12.8. The summed E-state index contributed by atoms with van der Waals surface area (Å²) in [5.41, 5.74) is 2.11. The highest BCUT2D eigenvalue weighted by Crippen LogP contribution is 2.36. The van der Waals surface area contributed by atoms with Crippen molar-refractivity contribution in [2.45, 2.75) is 83.5 Å². The fourth-order valence-corrected chi connectivity index (χ4v) is 8.91. The first-order valence-corrected chi connectivity index (χ1v) is 20.3. The van der Waals surface area contributed by atoms with Crippen LogP contribution in [-0.2, 0) is 34.8 Å². The summed E-state index contributed by atoms with van der Waals surface area (Å²) in [6, 6.07) is 21.5. The largest absolute Gasteiger partial charge is 0.497 e. The highest BCUT2D eigenvalue weighted by atomic mass is 32.2. The van der Waals surface area contributed by atoms with Gasteiger partial charge in [0.2, 0.25) is 15.9 Å². The van der Waals surface area contributed by atoms with Crippen molar-refractivity contribution in [3.05, 3.63) is 90.3 Å². The molecule has 1 aliphatic heterocycles. The molecule has 12 nitrogen and oxygen atoms in total. The number of benzene rings is 3. The maximum Gasteiger partial charge on any atom is 0.321 e. The SMILES string of the molecule is CCC(C)(CC)[C@@H](C(=O)N[C@@H](Cc1ccccc1)[C@@H](O)CN(CC(C)C)S(=O)(=O)c1ccc(OC)cc1)N1CCN(Cc2nc3ccccc3n2C)C1=O. The summed E-state index contributed by atoms with van der Waals surface area (Å²) in [6.07, 6.45) is 0.231. The molecule has 0 spiro atoms. The van der Waals surface area contributed by atoms with Gasteiger partial charge in [0.05, 0.1) is 41.7 Å². The predicted molar refractivity (Wildman–Crippen MR) is 210 cm³/mol. The van der Waals surface area contributed by atoms with E-state index in [2.05, 4.69) is 5.32 Å². The Kier molecular flexibility index (Phi) is 13.1. The van der Waals surface area contributed by atoms with E-state index in [0.29, 0.717) is 38.2 Å². The van der Waals surface area contributed by atoms with E-state index in [9.17, 15) is 23.1 Å². The van der Waals surface area contributed by atoms with E-state index in [4.69, 9.17) is 9.72 Å². The maximum atomic E-state index is 14.7. The molecule has 1 saturated heterocycles. The van der Waals surface area contributed by atoms with Crippen LogP contribution in [0.25, 0.3) is 11.0 Å². The summed E-state index contributed by atoms with van der Waals surface area (Å²) in [4.78, 5) is 37.2. The van der Waals surface area contributed by atoms with Gasteiger partial charge in [-0.05, 0) is 72.6 Å². The molecule has 54 heavy (non-hydrogen) atoms. The van der Waals surface area contributed by atoms with Crippen molar-refractivity contribution in [2.75, 3.05) is 33.3 Å². The zero-order chi connectivity index (χ0) is 39.2. The van der Waals surface area contributed by atoms with Crippen molar-refractivity contribution < 1.29 is 27.9 Å². The Morgan fingerprint density at radius 3 is 2.24 bits per heavy atom. The van der Waals surface area contributed by atoms with Gasteiger partial charge >= 0.3 is 6.03 Å². The number of aromatic nitrogens is 2. The van der Waals surface area contributed by atoms with Gasteiger partial charge in [0.15, 0.2) is 0 Å². The van der Waals surface area contributed by atoms with Gasteiger partial charge in [0, 0.05) is 33.2 Å². The molecule has 4 aromatic rings. The van der Waals surface area contributed by atoms with Gasteiger partial charge in [0.1, 0.15) is 17.6 Å². The number of hydrogen-bond donors (Lipinski definition) is 2. The van der Waals surface area contributed by atoms with E-state index in [1.54, 1.807) is 21.9 Å². The molecule has 2 heterocycles. The van der Waals surface area contributed by atoms with E-state index in [0.717, 1.165) is 22.4 Å². The van der Waals surface area contributed by atoms with Gasteiger partial charge in [0.25, 0.3) is 0 Å². The number of imidazole rings is 1. The van der Waals surface area contributed by atoms with E-state index in [1.807, 2.05) is 101 Å². The van der Waals surface area contributed by atoms with Crippen LogP contribution in [0.5, 0.6) is 5.75 Å². The maximum absolute atomic E-state index is 14.7. The minimum atomic E-state index is -4.02. The number of carbonyl (C=O) groups excluding carboxylic acids is 2. The number of rotatable bonds is 18. The molecule has 2 N–H and O–H groups in total. The van der Waals surface area contributed by atoms with Crippen molar-refractivity contribution in [2.24, 2.45) is 18.4 Å². The lowest BCUT2D eigenvalue weighted by Crippen LogP contribution is -2.60. The van der Waals surface area contributed by atoms with Gasteiger partial charge in [-0.25, -0.2) is 18.2 Å². The highest BCUT2D eigenvalue weighted by molar-refractivity contribution is 7.89. The Morgan fingerprint density at radius 1 is 0.981 bits per heavy atom. The summed E-state index contributed by atoms with van der Waals surface area (Å²) in [5.74, 6) is 0.857. The number of nitrogens with zero attached hydrogens (tertiary/aromatic N) is 5. The first-order chi connectivity index (χ1) is 25.7. The summed E-state index contributed by atoms with van der Waals surface area (Å²) in [7, 11) is -0.572. The predicted octanol–water partition coefficient (Wildman–Crippen LogP) is 5.45. The summed E-state index contributed by atoms with van der Waals surface area (Å²) >= 11 is 0. The number of urea groups is 1. The van der Waals surface area contributed by atoms with E-state index in [-0.39, 0.29) is 42.3 Å². The van der Waals surface area contributed by atoms with Crippen LogP contribution < -0.4 is 10.1 Å². The van der Waals surface area contributed by atoms with Crippen LogP contribution in [0.1, 0.15) is 58.8 Å². The lowest BCUT2D eigenvalue weighted by molar-refractivity contribution is -0.131. The lowest BCUT2D eigenvalue weighted by Gasteiger charge is -2.41. The van der Waals surface area contributed by atoms with Crippen LogP contribution in [0.4, 0.5) is 4.79 Å². The first-order valence-electron chi connectivity index (χ1n) is 18.8. The lowest BCUT2D eigenvalue weighted by atomic mass is 9.76. The smallest absolute Gasteiger partial charge is 0.321 e. The second kappa shape index (κ2) is 17.3. The molecular formula is C41H56N6O6S. The minimum Gasteiger partial charge on any atom is -0.497 e. The van der Waals surface area contributed by atoms with E-state index in [1.165, 1.54) is 23.5 Å². The monoisotopic (exact) mass is 760 g/mol. The Bertz CT molecular complexity index is 1980.